The van der Waals surface area contributed by atoms with Crippen LogP contribution in [0.25, 0.3) is 18.2 Å². The third-order valence-corrected chi connectivity index (χ3v) is 7.10. The normalized spacial score (nSPS) is 20.8. The summed E-state index contributed by atoms with van der Waals surface area (Å²) >= 11 is 0. The molecule has 1 fully saturated rings. The molecule has 1 saturated heterocycles. The van der Waals surface area contributed by atoms with Gasteiger partial charge in [0.2, 0.25) is 6.29 Å². The van der Waals surface area contributed by atoms with E-state index in [1.165, 1.54) is 38.5 Å². The van der Waals surface area contributed by atoms with Crippen LogP contribution in [0.3, 0.4) is 0 Å². The quantitative estimate of drug-likeness (QED) is 0.156. The van der Waals surface area contributed by atoms with Crippen molar-refractivity contribution in [3.8, 4) is 17.2 Å². The minimum absolute atomic E-state index is 0.523. The number of aliphatic hydroxyl groups excluding tert-OH is 2. The van der Waals surface area contributed by atoms with E-state index in [9.17, 15) is 24.6 Å². The minimum atomic E-state index is -1.79. The number of carbonyl (C=O) groups excluding carboxylic acids is 3. The molecule has 5 atom stereocenters. The Bertz CT molecular complexity index is 1590. The maximum atomic E-state index is 12.7. The van der Waals surface area contributed by atoms with Gasteiger partial charge in [-0.2, -0.15) is 0 Å². The Morgan fingerprint density at radius 2 is 1.00 bits per heavy atom. The Morgan fingerprint density at radius 1 is 0.604 bits per heavy atom. The SMILES string of the molecule is COc1ccc(C=CC(=O)OC[C@H]2O[C@@H](OC(=O)C=Cc3ccc(OC)cc3)[C@H](O)[C@@H](OC(=O)C=Cc3ccc(OC)cc3)[C@@H]2O)cc1. The number of hydrogen-bond acceptors (Lipinski definition) is 12. The minimum Gasteiger partial charge on any atom is -0.497 e. The maximum Gasteiger partial charge on any atom is 0.333 e. The number of hydrogen-bond donors (Lipinski definition) is 2. The molecule has 3 aromatic carbocycles. The molecule has 1 aliphatic heterocycles. The van der Waals surface area contributed by atoms with Gasteiger partial charge in [0, 0.05) is 18.2 Å². The molecule has 0 saturated carbocycles. The summed E-state index contributed by atoms with van der Waals surface area (Å²) < 4.78 is 37.0. The van der Waals surface area contributed by atoms with E-state index >= 15 is 0 Å². The lowest BCUT2D eigenvalue weighted by molar-refractivity contribution is -0.293. The van der Waals surface area contributed by atoms with Crippen LogP contribution < -0.4 is 14.2 Å². The second-order valence-corrected chi connectivity index (χ2v) is 10.3. The van der Waals surface area contributed by atoms with E-state index < -0.39 is 55.2 Å². The van der Waals surface area contributed by atoms with E-state index in [0.717, 1.165) is 12.2 Å². The van der Waals surface area contributed by atoms with E-state index in [-0.39, 0.29) is 0 Å². The van der Waals surface area contributed by atoms with Crippen molar-refractivity contribution in [2.75, 3.05) is 27.9 Å². The lowest BCUT2D eigenvalue weighted by Crippen LogP contribution is -2.61. The highest BCUT2D eigenvalue weighted by atomic mass is 16.7. The predicted molar refractivity (Wildman–Crippen MR) is 174 cm³/mol. The summed E-state index contributed by atoms with van der Waals surface area (Å²) in [5, 5.41) is 22.0. The number of carbonyl (C=O) groups is 3. The lowest BCUT2D eigenvalue weighted by atomic mass is 9.99. The molecular weight excluding hydrogens is 624 g/mol. The first-order valence-corrected chi connectivity index (χ1v) is 14.7. The topological polar surface area (TPSA) is 156 Å². The first-order chi connectivity index (χ1) is 23.2. The maximum absolute atomic E-state index is 12.7. The van der Waals surface area contributed by atoms with Gasteiger partial charge in [-0.1, -0.05) is 36.4 Å². The number of esters is 3. The molecular formula is C36H36O12. The second-order valence-electron chi connectivity index (χ2n) is 10.3. The van der Waals surface area contributed by atoms with Crippen molar-refractivity contribution in [1.82, 2.24) is 0 Å². The van der Waals surface area contributed by atoms with Crippen molar-refractivity contribution >= 4 is 36.1 Å². The van der Waals surface area contributed by atoms with Crippen molar-refractivity contribution in [2.45, 2.75) is 30.7 Å². The fraction of sp³-hybridized carbons (Fsp3) is 0.250. The second kappa shape index (κ2) is 17.5. The number of ether oxygens (including phenoxy) is 7. The van der Waals surface area contributed by atoms with Crippen LogP contribution in [0.15, 0.2) is 91.0 Å². The van der Waals surface area contributed by atoms with Crippen molar-refractivity contribution in [3.05, 3.63) is 108 Å². The van der Waals surface area contributed by atoms with Crippen LogP contribution in [0.5, 0.6) is 17.2 Å². The summed E-state index contributed by atoms with van der Waals surface area (Å²) in [6.45, 7) is -0.523. The van der Waals surface area contributed by atoms with Crippen LogP contribution in [0, 0.1) is 0 Å². The fourth-order valence-corrected chi connectivity index (χ4v) is 4.45. The fourth-order valence-electron chi connectivity index (χ4n) is 4.45. The molecule has 3 aromatic rings. The molecule has 4 rings (SSSR count). The average Bonchev–Trinajstić information content (AvgIpc) is 3.12. The third kappa shape index (κ3) is 10.3. The monoisotopic (exact) mass is 660 g/mol. The van der Waals surface area contributed by atoms with Gasteiger partial charge in [-0.15, -0.1) is 0 Å². The Labute approximate surface area is 277 Å². The Kier molecular flexibility index (Phi) is 12.9. The van der Waals surface area contributed by atoms with Gasteiger partial charge in [-0.25, -0.2) is 14.4 Å². The van der Waals surface area contributed by atoms with E-state index in [1.54, 1.807) is 79.9 Å². The van der Waals surface area contributed by atoms with Gasteiger partial charge in [0.15, 0.2) is 12.2 Å². The van der Waals surface area contributed by atoms with Crippen molar-refractivity contribution < 1.29 is 57.8 Å². The van der Waals surface area contributed by atoms with E-state index in [0.29, 0.717) is 33.9 Å². The van der Waals surface area contributed by atoms with Crippen LogP contribution in [-0.4, -0.2) is 86.8 Å². The summed E-state index contributed by atoms with van der Waals surface area (Å²) in [7, 11) is 4.60. The first-order valence-electron chi connectivity index (χ1n) is 14.7. The van der Waals surface area contributed by atoms with E-state index in [1.807, 2.05) is 0 Å². The van der Waals surface area contributed by atoms with Gasteiger partial charge in [0.05, 0.1) is 21.3 Å². The molecule has 0 radical (unpaired) electrons. The summed E-state index contributed by atoms with van der Waals surface area (Å²) in [5.74, 6) is -0.648. The van der Waals surface area contributed by atoms with Crippen LogP contribution in [0.1, 0.15) is 16.7 Å². The molecule has 48 heavy (non-hydrogen) atoms. The molecule has 0 spiro atoms. The molecule has 1 heterocycles. The van der Waals surface area contributed by atoms with Crippen LogP contribution in [-0.2, 0) is 33.3 Å². The van der Waals surface area contributed by atoms with Crippen molar-refractivity contribution in [1.29, 1.82) is 0 Å². The highest BCUT2D eigenvalue weighted by Gasteiger charge is 2.48. The van der Waals surface area contributed by atoms with E-state index in [2.05, 4.69) is 0 Å². The smallest absolute Gasteiger partial charge is 0.333 e. The van der Waals surface area contributed by atoms with Crippen molar-refractivity contribution in [3.63, 3.8) is 0 Å². The lowest BCUT2D eigenvalue weighted by Gasteiger charge is -2.40. The molecule has 0 bridgehead atoms. The van der Waals surface area contributed by atoms with Gasteiger partial charge in [0.25, 0.3) is 0 Å². The predicted octanol–water partition coefficient (Wildman–Crippen LogP) is 3.60. The molecule has 0 unspecified atom stereocenters. The van der Waals surface area contributed by atoms with Gasteiger partial charge in [-0.05, 0) is 71.3 Å². The molecule has 0 aliphatic carbocycles. The Balaban J connectivity index is 1.44. The van der Waals surface area contributed by atoms with Gasteiger partial charge in [0.1, 0.15) is 36.1 Å². The first kappa shape index (κ1) is 35.4. The van der Waals surface area contributed by atoms with E-state index in [4.69, 9.17) is 33.2 Å². The highest BCUT2D eigenvalue weighted by Crippen LogP contribution is 2.26. The number of rotatable bonds is 13. The van der Waals surface area contributed by atoms with Gasteiger partial charge < -0.3 is 43.4 Å². The van der Waals surface area contributed by atoms with Crippen LogP contribution >= 0.6 is 0 Å². The Morgan fingerprint density at radius 3 is 1.42 bits per heavy atom. The number of aliphatic hydroxyl groups is 2. The zero-order valence-corrected chi connectivity index (χ0v) is 26.5. The summed E-state index contributed by atoms with van der Waals surface area (Å²) in [5.41, 5.74) is 2.02. The molecule has 0 amide bonds. The number of benzene rings is 3. The molecule has 1 aliphatic rings. The van der Waals surface area contributed by atoms with Crippen LogP contribution in [0.2, 0.25) is 0 Å². The molecule has 12 nitrogen and oxygen atoms in total. The van der Waals surface area contributed by atoms with Crippen molar-refractivity contribution in [2.24, 2.45) is 0 Å². The van der Waals surface area contributed by atoms with Gasteiger partial charge in [-0.3, -0.25) is 0 Å². The summed E-state index contributed by atoms with van der Waals surface area (Å²) in [6.07, 6.45) is -0.264. The van der Waals surface area contributed by atoms with Crippen LogP contribution in [0.4, 0.5) is 0 Å². The highest BCUT2D eigenvalue weighted by molar-refractivity contribution is 5.88. The Hall–Kier alpha value is -5.43. The standard InChI is InChI=1S/C36H36O12/c1-42-26-13-4-23(5-14-26)10-19-30(37)45-22-29-33(40)35(47-31(38)20-11-24-6-15-27(43-2)16-7-24)34(41)36(46-29)48-32(39)21-12-25-8-17-28(44-3)18-9-25/h4-21,29,33-36,40-41H,22H2,1-3H3/t29-,33-,34-,35+,36+/m1/s1. The average molecular weight is 661 g/mol. The largest absolute Gasteiger partial charge is 0.497 e. The molecule has 12 heteroatoms. The molecule has 0 aromatic heterocycles. The van der Waals surface area contributed by atoms with Gasteiger partial charge >= 0.3 is 17.9 Å². The third-order valence-electron chi connectivity index (χ3n) is 7.10. The molecule has 252 valence electrons. The summed E-state index contributed by atoms with van der Waals surface area (Å²) in [6, 6.07) is 20.6. The zero-order chi connectivity index (χ0) is 34.5. The number of methoxy groups -OCH3 is 3. The zero-order valence-electron chi connectivity index (χ0n) is 26.5. The molecule has 2 N–H and O–H groups in total. The summed E-state index contributed by atoms with van der Waals surface area (Å²) in [4.78, 5) is 37.9.